The summed E-state index contributed by atoms with van der Waals surface area (Å²) in [6, 6.07) is 9.42. The number of hydrogen-bond acceptors (Lipinski definition) is 5. The predicted octanol–water partition coefficient (Wildman–Crippen LogP) is 1.10. The van der Waals surface area contributed by atoms with Crippen LogP contribution in [0.1, 0.15) is 25.5 Å². The average molecular weight is 287 g/mol. The number of hydrogen-bond donors (Lipinski definition) is 1. The standard InChI is InChI=1S/C12H17NO5S/c1-12(2)17-10(8-16-19(13,14)15)11(18-12)9-6-4-3-5-7-9/h3-7,10-11H,8H2,1-2H3,(H2,13,14,15)/t10-,11-/m0/s1. The zero-order valence-electron chi connectivity index (χ0n) is 10.8. The van der Waals surface area contributed by atoms with Crippen molar-refractivity contribution in [2.75, 3.05) is 6.61 Å². The Morgan fingerprint density at radius 2 is 1.89 bits per heavy atom. The van der Waals surface area contributed by atoms with Gasteiger partial charge in [0.2, 0.25) is 0 Å². The molecule has 2 atom stereocenters. The Labute approximate surface area is 112 Å². The topological polar surface area (TPSA) is 87.9 Å². The summed E-state index contributed by atoms with van der Waals surface area (Å²) in [6.45, 7) is 3.35. The van der Waals surface area contributed by atoms with Crippen LogP contribution in [0.4, 0.5) is 0 Å². The molecule has 2 N–H and O–H groups in total. The van der Waals surface area contributed by atoms with Crippen LogP contribution in [0.25, 0.3) is 0 Å². The Morgan fingerprint density at radius 1 is 1.26 bits per heavy atom. The number of benzene rings is 1. The van der Waals surface area contributed by atoms with E-state index in [1.165, 1.54) is 0 Å². The fourth-order valence-corrected chi connectivity index (χ4v) is 2.37. The number of rotatable bonds is 4. The lowest BCUT2D eigenvalue weighted by molar-refractivity contribution is -0.148. The minimum Gasteiger partial charge on any atom is -0.342 e. The van der Waals surface area contributed by atoms with E-state index in [0.717, 1.165) is 5.56 Å². The van der Waals surface area contributed by atoms with E-state index >= 15 is 0 Å². The molecular formula is C12H17NO5S. The summed E-state index contributed by atoms with van der Waals surface area (Å²) in [5, 5.41) is 4.82. The third-order valence-corrected chi connectivity index (χ3v) is 3.17. The van der Waals surface area contributed by atoms with E-state index in [0.29, 0.717) is 0 Å². The Kier molecular flexibility index (Phi) is 3.93. The normalized spacial score (nSPS) is 26.5. The molecule has 0 aliphatic carbocycles. The van der Waals surface area contributed by atoms with Crippen LogP contribution < -0.4 is 5.14 Å². The van der Waals surface area contributed by atoms with Crippen molar-refractivity contribution in [3.8, 4) is 0 Å². The summed E-state index contributed by atoms with van der Waals surface area (Å²) in [6.07, 6.45) is -0.923. The molecule has 0 amide bonds. The van der Waals surface area contributed by atoms with Crippen LogP contribution in [-0.2, 0) is 24.0 Å². The van der Waals surface area contributed by atoms with Crippen LogP contribution in [0, 0.1) is 0 Å². The maximum Gasteiger partial charge on any atom is 0.333 e. The van der Waals surface area contributed by atoms with E-state index in [1.54, 1.807) is 13.8 Å². The zero-order chi connectivity index (χ0) is 14.1. The Bertz CT molecular complexity index is 528. The van der Waals surface area contributed by atoms with Gasteiger partial charge in [0, 0.05) is 0 Å². The van der Waals surface area contributed by atoms with Gasteiger partial charge in [0.25, 0.3) is 0 Å². The van der Waals surface area contributed by atoms with Gasteiger partial charge in [-0.25, -0.2) is 5.14 Å². The monoisotopic (exact) mass is 287 g/mol. The molecule has 1 heterocycles. The van der Waals surface area contributed by atoms with E-state index in [2.05, 4.69) is 4.18 Å². The summed E-state index contributed by atoms with van der Waals surface area (Å²) in [4.78, 5) is 0. The van der Waals surface area contributed by atoms with Crippen LogP contribution >= 0.6 is 0 Å². The van der Waals surface area contributed by atoms with E-state index in [4.69, 9.17) is 14.6 Å². The second-order valence-electron chi connectivity index (χ2n) is 4.78. The van der Waals surface area contributed by atoms with Crippen molar-refractivity contribution in [2.24, 2.45) is 5.14 Å². The molecule has 1 aliphatic rings. The Morgan fingerprint density at radius 3 is 2.47 bits per heavy atom. The molecule has 6 nitrogen and oxygen atoms in total. The Hall–Kier alpha value is -0.990. The highest BCUT2D eigenvalue weighted by Gasteiger charge is 2.42. The number of ether oxygens (including phenoxy) is 2. The molecule has 0 unspecified atom stereocenters. The third kappa shape index (κ3) is 3.99. The van der Waals surface area contributed by atoms with Gasteiger partial charge < -0.3 is 9.47 Å². The van der Waals surface area contributed by atoms with Crippen LogP contribution in [0.5, 0.6) is 0 Å². The fraction of sp³-hybridized carbons (Fsp3) is 0.500. The van der Waals surface area contributed by atoms with Crippen LogP contribution in [0.2, 0.25) is 0 Å². The van der Waals surface area contributed by atoms with Gasteiger partial charge in [-0.05, 0) is 19.4 Å². The first-order valence-corrected chi connectivity index (χ1v) is 7.32. The van der Waals surface area contributed by atoms with Crippen molar-refractivity contribution in [3.63, 3.8) is 0 Å². The van der Waals surface area contributed by atoms with Crippen LogP contribution in [0.3, 0.4) is 0 Å². The fourth-order valence-electron chi connectivity index (χ4n) is 2.04. The molecule has 1 aromatic carbocycles. The molecular weight excluding hydrogens is 270 g/mol. The SMILES string of the molecule is CC1(C)O[C@@H](COS(N)(=O)=O)[C@H](c2ccccc2)O1. The molecule has 0 radical (unpaired) electrons. The molecule has 1 aromatic rings. The molecule has 106 valence electrons. The van der Waals surface area contributed by atoms with Gasteiger partial charge in [-0.2, -0.15) is 8.42 Å². The smallest absolute Gasteiger partial charge is 0.333 e. The van der Waals surface area contributed by atoms with Crippen molar-refractivity contribution < 1.29 is 22.1 Å². The zero-order valence-corrected chi connectivity index (χ0v) is 11.6. The van der Waals surface area contributed by atoms with Gasteiger partial charge in [-0.1, -0.05) is 30.3 Å². The van der Waals surface area contributed by atoms with Gasteiger partial charge in [0.05, 0.1) is 6.61 Å². The van der Waals surface area contributed by atoms with Gasteiger partial charge >= 0.3 is 10.3 Å². The highest BCUT2D eigenvalue weighted by atomic mass is 32.2. The molecule has 1 fully saturated rings. The second kappa shape index (κ2) is 5.18. The minimum atomic E-state index is -3.99. The molecule has 0 bridgehead atoms. The molecule has 0 aromatic heterocycles. The van der Waals surface area contributed by atoms with Gasteiger partial charge in [0.15, 0.2) is 5.79 Å². The van der Waals surface area contributed by atoms with Gasteiger partial charge in [0.1, 0.15) is 12.2 Å². The molecule has 0 saturated carbocycles. The van der Waals surface area contributed by atoms with Crippen molar-refractivity contribution >= 4 is 10.3 Å². The van der Waals surface area contributed by atoms with E-state index in [9.17, 15) is 8.42 Å². The third-order valence-electron chi connectivity index (χ3n) is 2.71. The van der Waals surface area contributed by atoms with Crippen molar-refractivity contribution in [1.29, 1.82) is 0 Å². The van der Waals surface area contributed by atoms with Crippen LogP contribution in [-0.4, -0.2) is 26.9 Å². The molecule has 19 heavy (non-hydrogen) atoms. The highest BCUT2D eigenvalue weighted by Crippen LogP contribution is 2.38. The molecule has 0 spiro atoms. The molecule has 1 aliphatic heterocycles. The first-order valence-electron chi connectivity index (χ1n) is 5.84. The summed E-state index contributed by atoms with van der Waals surface area (Å²) < 4.78 is 37.7. The highest BCUT2D eigenvalue weighted by molar-refractivity contribution is 7.84. The Balaban J connectivity index is 2.15. The van der Waals surface area contributed by atoms with Gasteiger partial charge in [-0.3, -0.25) is 4.18 Å². The maximum atomic E-state index is 10.9. The predicted molar refractivity (Wildman–Crippen MR) is 68.3 cm³/mol. The molecule has 2 rings (SSSR count). The van der Waals surface area contributed by atoms with Crippen molar-refractivity contribution in [1.82, 2.24) is 0 Å². The average Bonchev–Trinajstić information content (AvgIpc) is 2.62. The van der Waals surface area contributed by atoms with E-state index in [1.807, 2.05) is 30.3 Å². The van der Waals surface area contributed by atoms with E-state index in [-0.39, 0.29) is 6.61 Å². The van der Waals surface area contributed by atoms with Gasteiger partial charge in [-0.15, -0.1) is 0 Å². The van der Waals surface area contributed by atoms with Crippen LogP contribution in [0.15, 0.2) is 30.3 Å². The largest absolute Gasteiger partial charge is 0.342 e. The lowest BCUT2D eigenvalue weighted by Crippen LogP contribution is -2.28. The van der Waals surface area contributed by atoms with E-state index < -0.39 is 28.3 Å². The second-order valence-corrected chi connectivity index (χ2v) is 6.00. The summed E-state index contributed by atoms with van der Waals surface area (Å²) >= 11 is 0. The summed E-state index contributed by atoms with van der Waals surface area (Å²) in [7, 11) is -3.99. The molecule has 1 saturated heterocycles. The van der Waals surface area contributed by atoms with Crippen molar-refractivity contribution in [2.45, 2.75) is 31.8 Å². The minimum absolute atomic E-state index is 0.179. The summed E-state index contributed by atoms with van der Waals surface area (Å²) in [5.74, 6) is -0.799. The van der Waals surface area contributed by atoms with Crippen molar-refractivity contribution in [3.05, 3.63) is 35.9 Å². The lowest BCUT2D eigenvalue weighted by atomic mass is 10.1. The quantitative estimate of drug-likeness (QED) is 0.896. The first kappa shape index (κ1) is 14.4. The summed E-state index contributed by atoms with van der Waals surface area (Å²) in [5.41, 5.74) is 0.899. The lowest BCUT2D eigenvalue weighted by Gasteiger charge is -2.16. The maximum absolute atomic E-state index is 10.9. The first-order chi connectivity index (χ1) is 8.77. The molecule has 7 heteroatoms. The number of nitrogens with two attached hydrogens (primary N) is 1.